The first kappa shape index (κ1) is 22.9. The van der Waals surface area contributed by atoms with Gasteiger partial charge in [-0.15, -0.1) is 69.4 Å². The average Bonchev–Trinajstić information content (AvgIpc) is 3.36. The van der Waals surface area contributed by atoms with Gasteiger partial charge in [0, 0.05) is 0 Å². The second kappa shape index (κ2) is 12.3. The number of hydrogen-bond donors (Lipinski definition) is 0. The fourth-order valence-corrected chi connectivity index (χ4v) is 2.97. The standard InChI is InChI=1S/C13H9.C9H7.2C2H5.Ti/c1-3-7-12-10(5-1)9-11-6-2-4-8-13(11)12;1-2-5-9-7-3-6-8(9)4-1;2*1-2;/h1-9H;1-7H;2*1H2,2H3;/q4*-1;+4. The molecule has 0 fully saturated rings. The van der Waals surface area contributed by atoms with Gasteiger partial charge in [-0.25, -0.2) is 0 Å². The van der Waals surface area contributed by atoms with Crippen LogP contribution in [0.15, 0.2) is 97.1 Å². The van der Waals surface area contributed by atoms with Gasteiger partial charge in [0.1, 0.15) is 0 Å². The topological polar surface area (TPSA) is 0 Å². The van der Waals surface area contributed by atoms with E-state index in [1.807, 2.05) is 0 Å². The second-order valence-electron chi connectivity index (χ2n) is 5.47. The van der Waals surface area contributed by atoms with Crippen LogP contribution in [0.5, 0.6) is 0 Å². The first-order valence-corrected chi connectivity index (χ1v) is 8.97. The van der Waals surface area contributed by atoms with Crippen LogP contribution < -0.4 is 0 Å². The smallest absolute Gasteiger partial charge is 0.346 e. The average molecular weight is 386 g/mol. The largest absolute Gasteiger partial charge is 4.00 e. The van der Waals surface area contributed by atoms with Crippen LogP contribution in [0, 0.1) is 13.8 Å². The van der Waals surface area contributed by atoms with E-state index < -0.39 is 0 Å². The van der Waals surface area contributed by atoms with Crippen molar-refractivity contribution < 1.29 is 21.7 Å². The molecule has 5 aromatic carbocycles. The van der Waals surface area contributed by atoms with Gasteiger partial charge in [-0.1, -0.05) is 42.5 Å². The van der Waals surface area contributed by atoms with Crippen molar-refractivity contribution in [3.8, 4) is 0 Å². The van der Waals surface area contributed by atoms with E-state index in [-0.39, 0.29) is 21.7 Å². The fourth-order valence-electron chi connectivity index (χ4n) is 2.97. The van der Waals surface area contributed by atoms with Crippen LogP contribution in [0.3, 0.4) is 0 Å². The van der Waals surface area contributed by atoms with Crippen molar-refractivity contribution in [1.82, 2.24) is 0 Å². The van der Waals surface area contributed by atoms with E-state index in [1.165, 1.54) is 32.3 Å². The molecular weight excluding hydrogens is 360 g/mol. The Hall–Kier alpha value is -2.15. The third kappa shape index (κ3) is 5.66. The Balaban J connectivity index is 0.000000230. The molecule has 0 radical (unpaired) electrons. The third-order valence-corrected chi connectivity index (χ3v) is 4.07. The molecular formula is C26H26Ti. The first-order chi connectivity index (χ1) is 12.9. The van der Waals surface area contributed by atoms with E-state index in [1.54, 1.807) is 13.8 Å². The summed E-state index contributed by atoms with van der Waals surface area (Å²) in [5, 5.41) is 8.05. The molecule has 0 bridgehead atoms. The van der Waals surface area contributed by atoms with Crippen molar-refractivity contribution in [2.45, 2.75) is 13.8 Å². The van der Waals surface area contributed by atoms with Crippen LogP contribution in [0.1, 0.15) is 13.8 Å². The zero-order valence-corrected chi connectivity index (χ0v) is 17.7. The van der Waals surface area contributed by atoms with Crippen LogP contribution in [0.4, 0.5) is 0 Å². The molecule has 0 unspecified atom stereocenters. The summed E-state index contributed by atoms with van der Waals surface area (Å²) in [5.41, 5.74) is 0. The zero-order chi connectivity index (χ0) is 18.8. The molecule has 5 aromatic rings. The SMILES string of the molecule is [CH2-]C.[CH2-]C.[Ti+4].c1ccc2[cH-]ccc2c1.c1ccc2c(c1)[cH-]c1ccccc12. The normalized spacial score (nSPS) is 9.19. The molecule has 0 atom stereocenters. The molecule has 5 rings (SSSR count). The first-order valence-electron chi connectivity index (χ1n) is 8.97. The molecule has 0 aliphatic heterocycles. The summed E-state index contributed by atoms with van der Waals surface area (Å²) in [6.07, 6.45) is 0. The minimum Gasteiger partial charge on any atom is -0.346 e. The molecule has 134 valence electrons. The predicted octanol–water partition coefficient (Wildman–Crippen LogP) is 7.95. The van der Waals surface area contributed by atoms with Crippen molar-refractivity contribution in [1.29, 1.82) is 0 Å². The number of fused-ring (bicyclic) bond motifs is 4. The van der Waals surface area contributed by atoms with Crippen LogP contribution in [0.2, 0.25) is 0 Å². The maximum absolute atomic E-state index is 3.25. The Morgan fingerprint density at radius 2 is 1.00 bits per heavy atom. The van der Waals surface area contributed by atoms with Gasteiger partial charge in [0.2, 0.25) is 0 Å². The number of rotatable bonds is 0. The maximum atomic E-state index is 3.25. The van der Waals surface area contributed by atoms with E-state index in [0.29, 0.717) is 0 Å². The predicted molar refractivity (Wildman–Crippen MR) is 119 cm³/mol. The van der Waals surface area contributed by atoms with Crippen molar-refractivity contribution in [3.05, 3.63) is 111 Å². The Bertz CT molecular complexity index is 953. The summed E-state index contributed by atoms with van der Waals surface area (Å²) in [6.45, 7) is 10.0. The van der Waals surface area contributed by atoms with Crippen LogP contribution >= 0.6 is 0 Å². The van der Waals surface area contributed by atoms with Gasteiger partial charge in [0.15, 0.2) is 0 Å². The van der Waals surface area contributed by atoms with Gasteiger partial charge in [0.05, 0.1) is 0 Å². The van der Waals surface area contributed by atoms with Crippen LogP contribution in [-0.4, -0.2) is 0 Å². The van der Waals surface area contributed by atoms with E-state index >= 15 is 0 Å². The molecule has 0 aromatic heterocycles. The van der Waals surface area contributed by atoms with Gasteiger partial charge in [-0.05, 0) is 0 Å². The molecule has 27 heavy (non-hydrogen) atoms. The van der Waals surface area contributed by atoms with Crippen molar-refractivity contribution in [2.75, 3.05) is 0 Å². The Labute approximate surface area is 178 Å². The Kier molecular flexibility index (Phi) is 10.4. The third-order valence-electron chi connectivity index (χ3n) is 4.07. The molecule has 0 saturated heterocycles. The monoisotopic (exact) mass is 386 g/mol. The summed E-state index contributed by atoms with van der Waals surface area (Å²) >= 11 is 0. The summed E-state index contributed by atoms with van der Waals surface area (Å²) in [4.78, 5) is 0. The molecule has 0 amide bonds. The molecule has 0 spiro atoms. The van der Waals surface area contributed by atoms with Crippen molar-refractivity contribution >= 4 is 32.3 Å². The zero-order valence-electron chi connectivity index (χ0n) is 16.2. The van der Waals surface area contributed by atoms with Crippen LogP contribution in [-0.2, 0) is 21.7 Å². The minimum atomic E-state index is 0. The van der Waals surface area contributed by atoms with E-state index in [0.717, 1.165) is 0 Å². The second-order valence-corrected chi connectivity index (χ2v) is 5.47. The summed E-state index contributed by atoms with van der Waals surface area (Å²) in [6, 6.07) is 33.9. The number of benzene rings is 3. The minimum absolute atomic E-state index is 0. The van der Waals surface area contributed by atoms with Gasteiger partial charge in [-0.3, -0.25) is 0 Å². The number of hydrogen-bond acceptors (Lipinski definition) is 0. The quantitative estimate of drug-likeness (QED) is 0.187. The van der Waals surface area contributed by atoms with Gasteiger partial charge in [0.25, 0.3) is 0 Å². The van der Waals surface area contributed by atoms with Crippen molar-refractivity contribution in [2.24, 2.45) is 0 Å². The maximum Gasteiger partial charge on any atom is 4.00 e. The molecule has 0 aliphatic carbocycles. The molecule has 1 heteroatoms. The fraction of sp³-hybridized carbons (Fsp3) is 0.0769. The molecule has 0 N–H and O–H groups in total. The Morgan fingerprint density at radius 1 is 0.556 bits per heavy atom. The van der Waals surface area contributed by atoms with E-state index in [4.69, 9.17) is 0 Å². The summed E-state index contributed by atoms with van der Waals surface area (Å²) in [7, 11) is 0. The molecule has 0 saturated carbocycles. The van der Waals surface area contributed by atoms with Gasteiger partial charge < -0.3 is 13.8 Å². The van der Waals surface area contributed by atoms with Crippen molar-refractivity contribution in [3.63, 3.8) is 0 Å². The van der Waals surface area contributed by atoms with Gasteiger partial charge >= 0.3 is 21.7 Å². The van der Waals surface area contributed by atoms with Gasteiger partial charge in [-0.2, -0.15) is 31.4 Å². The summed E-state index contributed by atoms with van der Waals surface area (Å²) < 4.78 is 0. The van der Waals surface area contributed by atoms with Crippen LogP contribution in [0.25, 0.3) is 32.3 Å². The molecule has 0 heterocycles. The Morgan fingerprint density at radius 3 is 1.52 bits per heavy atom. The molecule has 0 nitrogen and oxygen atoms in total. The van der Waals surface area contributed by atoms with E-state index in [9.17, 15) is 0 Å². The molecule has 0 aliphatic rings. The van der Waals surface area contributed by atoms with E-state index in [2.05, 4.69) is 111 Å². The summed E-state index contributed by atoms with van der Waals surface area (Å²) in [5.74, 6) is 0.